The summed E-state index contributed by atoms with van der Waals surface area (Å²) in [4.78, 5) is 27.8. The first-order valence-corrected chi connectivity index (χ1v) is 7.22. The van der Waals surface area contributed by atoms with Gasteiger partial charge in [0.15, 0.2) is 0 Å². The Labute approximate surface area is 134 Å². The van der Waals surface area contributed by atoms with Gasteiger partial charge in [-0.2, -0.15) is 0 Å². The van der Waals surface area contributed by atoms with E-state index in [0.29, 0.717) is 5.69 Å². The molecule has 0 saturated carbocycles. The first-order valence-electron chi connectivity index (χ1n) is 7.22. The van der Waals surface area contributed by atoms with E-state index >= 15 is 0 Å². The Morgan fingerprint density at radius 1 is 1.13 bits per heavy atom. The van der Waals surface area contributed by atoms with E-state index in [-0.39, 0.29) is 12.6 Å². The molecule has 0 aliphatic carbocycles. The van der Waals surface area contributed by atoms with Gasteiger partial charge in [0.2, 0.25) is 0 Å². The van der Waals surface area contributed by atoms with Crippen LogP contribution in [0.25, 0.3) is 0 Å². The van der Waals surface area contributed by atoms with Crippen LogP contribution in [0, 0.1) is 0 Å². The van der Waals surface area contributed by atoms with E-state index in [0.717, 1.165) is 11.3 Å². The minimum absolute atomic E-state index is 0.212. The van der Waals surface area contributed by atoms with E-state index in [9.17, 15) is 9.59 Å². The minimum Gasteiger partial charge on any atom is -0.497 e. The fraction of sp³-hybridized carbons (Fsp3) is 0.235. The van der Waals surface area contributed by atoms with Gasteiger partial charge < -0.3 is 15.4 Å². The second-order valence-electron chi connectivity index (χ2n) is 4.97. The third kappa shape index (κ3) is 4.81. The third-order valence-electron chi connectivity index (χ3n) is 3.33. The molecule has 0 spiro atoms. The molecule has 0 unspecified atom stereocenters. The Kier molecular flexibility index (Phi) is 5.68. The summed E-state index contributed by atoms with van der Waals surface area (Å²) >= 11 is 0. The maximum Gasteiger partial charge on any atom is 0.309 e. The van der Waals surface area contributed by atoms with Gasteiger partial charge in [0.05, 0.1) is 25.4 Å². The van der Waals surface area contributed by atoms with Crippen molar-refractivity contribution in [3.63, 3.8) is 0 Å². The van der Waals surface area contributed by atoms with E-state index in [2.05, 4.69) is 15.6 Å². The van der Waals surface area contributed by atoms with Gasteiger partial charge in [-0.3, -0.25) is 14.6 Å². The van der Waals surface area contributed by atoms with Crippen molar-refractivity contribution in [2.75, 3.05) is 7.11 Å². The molecule has 6 heteroatoms. The first kappa shape index (κ1) is 16.5. The fourth-order valence-electron chi connectivity index (χ4n) is 1.99. The Balaban J connectivity index is 1.85. The second kappa shape index (κ2) is 7.93. The standard InChI is InChI=1S/C17H19N3O3/c1-12(13-6-8-15(23-2)9-7-13)20-17(22)16(21)19-11-14-5-3-4-10-18-14/h3-10,12H,11H2,1-2H3,(H,19,21)(H,20,22)/t12-/m0/s1. The molecule has 2 N–H and O–H groups in total. The monoisotopic (exact) mass is 313 g/mol. The summed E-state index contributed by atoms with van der Waals surface area (Å²) in [7, 11) is 1.59. The van der Waals surface area contributed by atoms with Crippen molar-refractivity contribution < 1.29 is 14.3 Å². The molecule has 1 aromatic heterocycles. The lowest BCUT2D eigenvalue weighted by atomic mass is 10.1. The zero-order valence-corrected chi connectivity index (χ0v) is 13.1. The van der Waals surface area contributed by atoms with Crippen molar-refractivity contribution in [3.8, 4) is 5.75 Å². The molecule has 0 fully saturated rings. The molecule has 0 aliphatic heterocycles. The lowest BCUT2D eigenvalue weighted by Crippen LogP contribution is -2.40. The number of methoxy groups -OCH3 is 1. The zero-order valence-electron chi connectivity index (χ0n) is 13.1. The van der Waals surface area contributed by atoms with Crippen LogP contribution in [0.5, 0.6) is 5.75 Å². The van der Waals surface area contributed by atoms with Gasteiger partial charge in [-0.1, -0.05) is 18.2 Å². The SMILES string of the molecule is COc1ccc([C@H](C)NC(=O)C(=O)NCc2ccccn2)cc1. The first-order chi connectivity index (χ1) is 11.1. The van der Waals surface area contributed by atoms with Crippen LogP contribution in [-0.2, 0) is 16.1 Å². The highest BCUT2D eigenvalue weighted by atomic mass is 16.5. The third-order valence-corrected chi connectivity index (χ3v) is 3.33. The van der Waals surface area contributed by atoms with Crippen molar-refractivity contribution in [2.45, 2.75) is 19.5 Å². The van der Waals surface area contributed by atoms with Gasteiger partial charge in [-0.15, -0.1) is 0 Å². The molecule has 0 saturated heterocycles. The Hall–Kier alpha value is -2.89. The van der Waals surface area contributed by atoms with Crippen molar-refractivity contribution in [2.24, 2.45) is 0 Å². The van der Waals surface area contributed by atoms with E-state index < -0.39 is 11.8 Å². The topological polar surface area (TPSA) is 80.3 Å². The molecule has 0 radical (unpaired) electrons. The number of amides is 2. The Bertz CT molecular complexity index is 657. The number of carbonyl (C=O) groups is 2. The summed E-state index contributed by atoms with van der Waals surface area (Å²) in [6.07, 6.45) is 1.63. The number of rotatable bonds is 5. The molecule has 23 heavy (non-hydrogen) atoms. The normalized spacial score (nSPS) is 11.4. The zero-order chi connectivity index (χ0) is 16.7. The quantitative estimate of drug-likeness (QED) is 0.821. The van der Waals surface area contributed by atoms with Crippen LogP contribution < -0.4 is 15.4 Å². The van der Waals surface area contributed by atoms with Crippen LogP contribution in [0.1, 0.15) is 24.2 Å². The number of aromatic nitrogens is 1. The largest absolute Gasteiger partial charge is 0.497 e. The molecule has 1 atom stereocenters. The van der Waals surface area contributed by atoms with Gasteiger partial charge in [-0.05, 0) is 36.8 Å². The molecule has 1 aromatic carbocycles. The van der Waals surface area contributed by atoms with Crippen LogP contribution >= 0.6 is 0 Å². The van der Waals surface area contributed by atoms with Crippen LogP contribution in [0.2, 0.25) is 0 Å². The molecule has 1 heterocycles. The van der Waals surface area contributed by atoms with Gasteiger partial charge in [0, 0.05) is 6.20 Å². The van der Waals surface area contributed by atoms with Crippen LogP contribution in [-0.4, -0.2) is 23.9 Å². The van der Waals surface area contributed by atoms with E-state index in [1.54, 1.807) is 37.6 Å². The molecule has 2 aromatic rings. The number of benzene rings is 1. The second-order valence-corrected chi connectivity index (χ2v) is 4.97. The molecular weight excluding hydrogens is 294 g/mol. The van der Waals surface area contributed by atoms with Crippen LogP contribution in [0.15, 0.2) is 48.7 Å². The van der Waals surface area contributed by atoms with Crippen LogP contribution in [0.3, 0.4) is 0 Å². The fourth-order valence-corrected chi connectivity index (χ4v) is 1.99. The number of hydrogen-bond acceptors (Lipinski definition) is 4. The Morgan fingerprint density at radius 2 is 1.87 bits per heavy atom. The molecule has 120 valence electrons. The summed E-state index contributed by atoms with van der Waals surface area (Å²) < 4.78 is 5.08. The van der Waals surface area contributed by atoms with Crippen LogP contribution in [0.4, 0.5) is 0 Å². The highest BCUT2D eigenvalue weighted by Crippen LogP contribution is 2.17. The van der Waals surface area contributed by atoms with Gasteiger partial charge in [0.1, 0.15) is 5.75 Å². The summed E-state index contributed by atoms with van der Waals surface area (Å²) in [5.41, 5.74) is 1.58. The van der Waals surface area contributed by atoms with Crippen molar-refractivity contribution in [1.29, 1.82) is 0 Å². The average molecular weight is 313 g/mol. The van der Waals surface area contributed by atoms with Gasteiger partial charge in [-0.25, -0.2) is 0 Å². The molecule has 6 nitrogen and oxygen atoms in total. The summed E-state index contributed by atoms with van der Waals surface area (Å²) in [6.45, 7) is 2.02. The van der Waals surface area contributed by atoms with Gasteiger partial charge >= 0.3 is 11.8 Å². The number of pyridine rings is 1. The molecule has 2 amide bonds. The molecule has 0 bridgehead atoms. The maximum absolute atomic E-state index is 11.9. The summed E-state index contributed by atoms with van der Waals surface area (Å²) in [6, 6.07) is 12.4. The average Bonchev–Trinajstić information content (AvgIpc) is 2.60. The number of carbonyl (C=O) groups excluding carboxylic acids is 2. The predicted octanol–water partition coefficient (Wildman–Crippen LogP) is 1.58. The lowest BCUT2D eigenvalue weighted by Gasteiger charge is -2.14. The number of hydrogen-bond donors (Lipinski definition) is 2. The highest BCUT2D eigenvalue weighted by Gasteiger charge is 2.16. The smallest absolute Gasteiger partial charge is 0.309 e. The minimum atomic E-state index is -0.684. The summed E-state index contributed by atoms with van der Waals surface area (Å²) in [5, 5.41) is 5.20. The summed E-state index contributed by atoms with van der Waals surface area (Å²) in [5.74, 6) is -0.624. The maximum atomic E-state index is 11.9. The number of nitrogens with zero attached hydrogens (tertiary/aromatic N) is 1. The highest BCUT2D eigenvalue weighted by molar-refractivity contribution is 6.35. The van der Waals surface area contributed by atoms with Gasteiger partial charge in [0.25, 0.3) is 0 Å². The molecular formula is C17H19N3O3. The number of ether oxygens (including phenoxy) is 1. The van der Waals surface area contributed by atoms with Crippen molar-refractivity contribution in [3.05, 3.63) is 59.9 Å². The van der Waals surface area contributed by atoms with E-state index in [1.165, 1.54) is 0 Å². The molecule has 2 rings (SSSR count). The van der Waals surface area contributed by atoms with E-state index in [1.807, 2.05) is 25.1 Å². The molecule has 0 aliphatic rings. The van der Waals surface area contributed by atoms with E-state index in [4.69, 9.17) is 4.74 Å². The number of nitrogens with one attached hydrogen (secondary N) is 2. The van der Waals surface area contributed by atoms with Crippen molar-refractivity contribution >= 4 is 11.8 Å². The lowest BCUT2D eigenvalue weighted by molar-refractivity contribution is -0.139. The van der Waals surface area contributed by atoms with Crippen molar-refractivity contribution in [1.82, 2.24) is 15.6 Å². The Morgan fingerprint density at radius 3 is 2.48 bits per heavy atom. The predicted molar refractivity (Wildman–Crippen MR) is 85.6 cm³/mol.